The summed E-state index contributed by atoms with van der Waals surface area (Å²) < 4.78 is 3.87. The normalized spacial score (nSPS) is 16.4. The zero-order valence-electron chi connectivity index (χ0n) is 14.4. The van der Waals surface area contributed by atoms with E-state index in [1.165, 1.54) is 0 Å². The molecule has 1 atom stereocenters. The first-order valence-corrected chi connectivity index (χ1v) is 10.2. The summed E-state index contributed by atoms with van der Waals surface area (Å²) in [5, 5.41) is 8.51. The van der Waals surface area contributed by atoms with Crippen LogP contribution >= 0.6 is 27.3 Å². The van der Waals surface area contributed by atoms with Crippen LogP contribution in [0.4, 0.5) is 5.82 Å². The predicted molar refractivity (Wildman–Crippen MR) is 111 cm³/mol. The number of hydrogen-bond acceptors (Lipinski definition) is 4. The molecule has 7 heteroatoms. The Morgan fingerprint density at radius 2 is 1.96 bits per heavy atom. The molecule has 0 bridgehead atoms. The number of benzene rings is 2. The van der Waals surface area contributed by atoms with Crippen molar-refractivity contribution in [3.63, 3.8) is 0 Å². The van der Waals surface area contributed by atoms with E-state index in [4.69, 9.17) is 10.1 Å². The number of amides is 1. The van der Waals surface area contributed by atoms with E-state index in [-0.39, 0.29) is 11.8 Å². The monoisotopic (exact) mass is 438 g/mol. The van der Waals surface area contributed by atoms with Crippen molar-refractivity contribution < 1.29 is 4.79 Å². The summed E-state index contributed by atoms with van der Waals surface area (Å²) in [7, 11) is 0. The van der Waals surface area contributed by atoms with Crippen LogP contribution in [-0.4, -0.2) is 20.7 Å². The van der Waals surface area contributed by atoms with Crippen LogP contribution in [0.1, 0.15) is 29.2 Å². The number of carbonyl (C=O) groups is 1. The summed E-state index contributed by atoms with van der Waals surface area (Å²) in [4.78, 5) is 17.2. The van der Waals surface area contributed by atoms with Crippen molar-refractivity contribution in [2.45, 2.75) is 19.3 Å². The Bertz CT molecular complexity index is 1160. The first-order chi connectivity index (χ1) is 13.1. The van der Waals surface area contributed by atoms with Crippen LogP contribution in [0.15, 0.2) is 53.0 Å². The lowest BCUT2D eigenvalue weighted by molar-refractivity contribution is -0.116. The van der Waals surface area contributed by atoms with Crippen molar-refractivity contribution in [3.8, 4) is 5.13 Å². The van der Waals surface area contributed by atoms with Crippen molar-refractivity contribution in [3.05, 3.63) is 69.8 Å². The number of aryl methyl sites for hydroxylation is 1. The summed E-state index contributed by atoms with van der Waals surface area (Å²) >= 11 is 5.20. The number of anilines is 1. The van der Waals surface area contributed by atoms with Crippen LogP contribution in [0.3, 0.4) is 0 Å². The van der Waals surface area contributed by atoms with Crippen LogP contribution in [0.2, 0.25) is 0 Å². The molecule has 0 saturated carbocycles. The number of hydrogen-bond donors (Lipinski definition) is 1. The molecule has 2 aromatic heterocycles. The minimum Gasteiger partial charge on any atom is -0.310 e. The highest BCUT2D eigenvalue weighted by atomic mass is 79.9. The van der Waals surface area contributed by atoms with Gasteiger partial charge >= 0.3 is 0 Å². The van der Waals surface area contributed by atoms with Crippen LogP contribution in [0.5, 0.6) is 0 Å². The summed E-state index contributed by atoms with van der Waals surface area (Å²) in [5.41, 5.74) is 4.00. The predicted octanol–water partition coefficient (Wildman–Crippen LogP) is 5.03. The van der Waals surface area contributed by atoms with Crippen LogP contribution < -0.4 is 5.32 Å². The van der Waals surface area contributed by atoms with Crippen molar-refractivity contribution in [2.75, 3.05) is 5.32 Å². The molecule has 0 radical (unpaired) electrons. The zero-order valence-corrected chi connectivity index (χ0v) is 16.8. The van der Waals surface area contributed by atoms with E-state index in [1.54, 1.807) is 16.0 Å². The maximum Gasteiger partial charge on any atom is 0.226 e. The summed E-state index contributed by atoms with van der Waals surface area (Å²) in [6, 6.07) is 16.1. The van der Waals surface area contributed by atoms with Crippen molar-refractivity contribution in [1.82, 2.24) is 14.8 Å². The van der Waals surface area contributed by atoms with Gasteiger partial charge in [-0.1, -0.05) is 57.6 Å². The van der Waals surface area contributed by atoms with Crippen LogP contribution in [-0.2, 0) is 4.79 Å². The second-order valence-electron chi connectivity index (χ2n) is 6.55. The van der Waals surface area contributed by atoms with Crippen LogP contribution in [0, 0.1) is 6.92 Å². The van der Waals surface area contributed by atoms with Crippen molar-refractivity contribution in [1.29, 1.82) is 0 Å². The van der Waals surface area contributed by atoms with Gasteiger partial charge in [0, 0.05) is 22.4 Å². The van der Waals surface area contributed by atoms with Crippen molar-refractivity contribution in [2.24, 2.45) is 0 Å². The maximum absolute atomic E-state index is 12.5. The van der Waals surface area contributed by atoms with Crippen LogP contribution in [0.25, 0.3) is 15.3 Å². The fourth-order valence-corrected chi connectivity index (χ4v) is 5.14. The van der Waals surface area contributed by atoms with Crippen molar-refractivity contribution >= 4 is 49.2 Å². The smallest absolute Gasteiger partial charge is 0.226 e. The van der Waals surface area contributed by atoms with E-state index in [0.29, 0.717) is 6.42 Å². The molecule has 1 unspecified atom stereocenters. The topological polar surface area (TPSA) is 59.8 Å². The Labute approximate surface area is 168 Å². The second-order valence-corrected chi connectivity index (χ2v) is 8.41. The van der Waals surface area contributed by atoms with Gasteiger partial charge < -0.3 is 5.32 Å². The molecular formula is C20H15BrN4OS. The minimum absolute atomic E-state index is 0.00878. The molecule has 134 valence electrons. The molecule has 0 aliphatic carbocycles. The Kier molecular flexibility index (Phi) is 3.87. The van der Waals surface area contributed by atoms with Gasteiger partial charge in [-0.2, -0.15) is 9.78 Å². The van der Waals surface area contributed by atoms with E-state index >= 15 is 0 Å². The largest absolute Gasteiger partial charge is 0.310 e. The first-order valence-electron chi connectivity index (χ1n) is 8.61. The maximum atomic E-state index is 12.5. The molecule has 5 nitrogen and oxygen atoms in total. The first kappa shape index (κ1) is 16.6. The number of para-hydroxylation sites is 1. The number of aromatic nitrogens is 3. The van der Waals surface area contributed by atoms with Gasteiger partial charge in [0.15, 0.2) is 0 Å². The van der Waals surface area contributed by atoms with Gasteiger partial charge in [-0.05, 0) is 30.7 Å². The van der Waals surface area contributed by atoms with E-state index in [2.05, 4.69) is 27.3 Å². The van der Waals surface area contributed by atoms with E-state index in [9.17, 15) is 4.79 Å². The molecule has 5 rings (SSSR count). The van der Waals surface area contributed by atoms with Gasteiger partial charge in [-0.3, -0.25) is 4.79 Å². The average molecular weight is 439 g/mol. The summed E-state index contributed by atoms with van der Waals surface area (Å²) in [5.74, 6) is 0.682. The number of nitrogens with one attached hydrogen (secondary N) is 1. The number of thiazole rings is 1. The Balaban J connectivity index is 1.70. The van der Waals surface area contributed by atoms with Gasteiger partial charge in [-0.25, -0.2) is 4.98 Å². The Hall–Kier alpha value is -2.51. The lowest BCUT2D eigenvalue weighted by atomic mass is 9.86. The SMILES string of the molecule is Cc1nn(-c2nc3ccccc3s2)c2c1C(c1ccccc1Br)CC(=O)N2. The van der Waals surface area contributed by atoms with Gasteiger partial charge in [-0.15, -0.1) is 0 Å². The fraction of sp³-hybridized carbons (Fsp3) is 0.150. The molecule has 0 spiro atoms. The molecule has 1 aliphatic rings. The Morgan fingerprint density at radius 1 is 1.19 bits per heavy atom. The Morgan fingerprint density at radius 3 is 2.78 bits per heavy atom. The quantitative estimate of drug-likeness (QED) is 0.477. The standard InChI is InChI=1S/C20H15BrN4OS/c1-11-18-13(12-6-2-3-7-14(12)21)10-17(26)23-19(18)25(24-11)20-22-15-8-4-5-9-16(15)27-20/h2-9,13H,10H2,1H3,(H,23,26). The lowest BCUT2D eigenvalue weighted by Gasteiger charge is -2.24. The third-order valence-electron chi connectivity index (χ3n) is 4.85. The molecule has 0 saturated heterocycles. The minimum atomic E-state index is -0.0348. The molecular weight excluding hydrogens is 424 g/mol. The van der Waals surface area contributed by atoms with E-state index in [0.717, 1.165) is 42.5 Å². The van der Waals surface area contributed by atoms with Gasteiger partial charge in [0.05, 0.1) is 15.9 Å². The third-order valence-corrected chi connectivity index (χ3v) is 6.58. The molecule has 3 heterocycles. The summed E-state index contributed by atoms with van der Waals surface area (Å²) in [6.45, 7) is 1.99. The number of rotatable bonds is 2. The molecule has 27 heavy (non-hydrogen) atoms. The molecule has 1 N–H and O–H groups in total. The van der Waals surface area contributed by atoms with Gasteiger partial charge in [0.25, 0.3) is 0 Å². The highest BCUT2D eigenvalue weighted by Crippen LogP contribution is 2.42. The van der Waals surface area contributed by atoms with Gasteiger partial charge in [0.2, 0.25) is 11.0 Å². The van der Waals surface area contributed by atoms with E-state index < -0.39 is 0 Å². The molecule has 1 aliphatic heterocycles. The fourth-order valence-electron chi connectivity index (χ4n) is 3.66. The third kappa shape index (κ3) is 2.69. The number of nitrogens with zero attached hydrogens (tertiary/aromatic N) is 3. The van der Waals surface area contributed by atoms with E-state index in [1.807, 2.05) is 49.4 Å². The van der Waals surface area contributed by atoms with Gasteiger partial charge in [0.1, 0.15) is 5.82 Å². The molecule has 2 aromatic carbocycles. The number of halogens is 1. The number of carbonyl (C=O) groups excluding carboxylic acids is 1. The zero-order chi connectivity index (χ0) is 18.5. The average Bonchev–Trinajstić information content (AvgIpc) is 3.22. The molecule has 4 aromatic rings. The molecule has 0 fully saturated rings. The second kappa shape index (κ2) is 6.28. The number of fused-ring (bicyclic) bond motifs is 2. The lowest BCUT2D eigenvalue weighted by Crippen LogP contribution is -2.25. The highest BCUT2D eigenvalue weighted by Gasteiger charge is 2.34. The summed E-state index contributed by atoms with van der Waals surface area (Å²) in [6.07, 6.45) is 0.405. The highest BCUT2D eigenvalue weighted by molar-refractivity contribution is 9.10. The molecule has 1 amide bonds.